The van der Waals surface area contributed by atoms with Crippen molar-refractivity contribution in [1.82, 2.24) is 20.1 Å². The van der Waals surface area contributed by atoms with Gasteiger partial charge >= 0.3 is 159 Å². The van der Waals surface area contributed by atoms with Gasteiger partial charge in [0, 0.05) is 13.1 Å². The molecule has 0 radical (unpaired) electrons. The summed E-state index contributed by atoms with van der Waals surface area (Å²) in [5, 5.41) is 8.15. The van der Waals surface area contributed by atoms with Crippen LogP contribution in [0.5, 0.6) is 0 Å². The second-order valence-electron chi connectivity index (χ2n) is 8.09. The molecule has 0 bridgehead atoms. The molecule has 31 heavy (non-hydrogen) atoms. The zero-order valence-electron chi connectivity index (χ0n) is 18.1. The van der Waals surface area contributed by atoms with Crippen molar-refractivity contribution in [3.63, 3.8) is 0 Å². The minimum absolute atomic E-state index is 0.130. The van der Waals surface area contributed by atoms with E-state index >= 15 is 0 Å². The SMILES string of the molecule is C/C=C\C1=C([I-]C)OCc2cn(-c3ccc(N4CCC(OC5CNC5)CC4)nc3)nc21. The van der Waals surface area contributed by atoms with Gasteiger partial charge in [-0.2, -0.15) is 0 Å². The summed E-state index contributed by atoms with van der Waals surface area (Å²) in [6.45, 7) is 6.61. The second-order valence-corrected chi connectivity index (χ2v) is 10.1. The molecule has 2 aromatic heterocycles. The standard InChI is InChI=1S/C23H29IN5O2/c1-3-4-20-22-16(15-30-23(20)24-2)14-29(27-22)17-5-6-21(26-11-17)28-9-7-18(8-10-28)31-19-12-25-13-19/h3-6,11,14,18-19,25H,7-10,12-13,15H2,1-2H3/q-1/b4-3-. The minimum atomic E-state index is -0.130. The number of fused-ring (bicyclic) bond motifs is 1. The number of rotatable bonds is 6. The van der Waals surface area contributed by atoms with Crippen molar-refractivity contribution in [1.29, 1.82) is 0 Å². The molecule has 0 aromatic carbocycles. The van der Waals surface area contributed by atoms with Crippen LogP contribution in [0.4, 0.5) is 5.82 Å². The van der Waals surface area contributed by atoms with Crippen LogP contribution in [0.25, 0.3) is 11.3 Å². The van der Waals surface area contributed by atoms with Crippen molar-refractivity contribution in [3.05, 3.63) is 51.7 Å². The Morgan fingerprint density at radius 2 is 2.06 bits per heavy atom. The molecule has 0 unspecified atom stereocenters. The van der Waals surface area contributed by atoms with E-state index < -0.39 is 0 Å². The fraction of sp³-hybridized carbons (Fsp3) is 0.478. The quantitative estimate of drug-likeness (QED) is 0.407. The fourth-order valence-electron chi connectivity index (χ4n) is 4.21. The van der Waals surface area contributed by atoms with Gasteiger partial charge in [0.05, 0.1) is 12.2 Å². The van der Waals surface area contributed by atoms with Crippen LogP contribution < -0.4 is 31.4 Å². The van der Waals surface area contributed by atoms with Crippen molar-refractivity contribution in [3.8, 4) is 5.69 Å². The van der Waals surface area contributed by atoms with E-state index in [1.54, 1.807) is 0 Å². The third-order valence-corrected chi connectivity index (χ3v) is 7.88. The molecule has 0 amide bonds. The zero-order valence-corrected chi connectivity index (χ0v) is 20.2. The maximum atomic E-state index is 6.13. The van der Waals surface area contributed by atoms with Gasteiger partial charge in [0.25, 0.3) is 0 Å². The molecule has 8 heteroatoms. The summed E-state index contributed by atoms with van der Waals surface area (Å²) in [7, 11) is 0. The molecular weight excluding hydrogens is 505 g/mol. The number of aromatic nitrogens is 3. The molecule has 5 rings (SSSR count). The average Bonchev–Trinajstić information content (AvgIpc) is 3.22. The number of hydrogen-bond donors (Lipinski definition) is 1. The summed E-state index contributed by atoms with van der Waals surface area (Å²) in [5.74, 6) is 1.03. The van der Waals surface area contributed by atoms with Gasteiger partial charge in [0.15, 0.2) is 0 Å². The first-order valence-electron chi connectivity index (χ1n) is 10.9. The Labute approximate surface area is 193 Å². The number of nitrogens with zero attached hydrogens (tertiary/aromatic N) is 4. The maximum absolute atomic E-state index is 6.13. The number of alkyl halides is 1. The van der Waals surface area contributed by atoms with E-state index in [4.69, 9.17) is 19.6 Å². The molecule has 166 valence electrons. The molecule has 3 aliphatic heterocycles. The van der Waals surface area contributed by atoms with Crippen LogP contribution in [0.1, 0.15) is 31.0 Å². The molecule has 2 aromatic rings. The van der Waals surface area contributed by atoms with Crippen LogP contribution in [0.15, 0.2) is 40.4 Å². The van der Waals surface area contributed by atoms with Crippen molar-refractivity contribution in [2.75, 3.05) is 36.0 Å². The summed E-state index contributed by atoms with van der Waals surface area (Å²) >= 11 is -0.130. The molecule has 0 atom stereocenters. The van der Waals surface area contributed by atoms with Crippen LogP contribution in [0, 0.1) is 0 Å². The normalized spacial score (nSPS) is 20.3. The number of halogens is 1. The third kappa shape index (κ3) is 4.38. The molecule has 0 saturated carbocycles. The van der Waals surface area contributed by atoms with Crippen LogP contribution >= 0.6 is 0 Å². The Kier molecular flexibility index (Phi) is 6.29. The molecule has 2 fully saturated rings. The van der Waals surface area contributed by atoms with E-state index in [-0.39, 0.29) is 21.2 Å². The van der Waals surface area contributed by atoms with Gasteiger partial charge in [0.1, 0.15) is 0 Å². The first kappa shape index (κ1) is 21.0. The van der Waals surface area contributed by atoms with E-state index in [2.05, 4.69) is 45.6 Å². The summed E-state index contributed by atoms with van der Waals surface area (Å²) in [5.41, 5.74) is 4.27. The van der Waals surface area contributed by atoms with E-state index in [1.807, 2.05) is 17.8 Å². The van der Waals surface area contributed by atoms with E-state index in [9.17, 15) is 0 Å². The number of pyridine rings is 1. The van der Waals surface area contributed by atoms with Crippen LogP contribution in [-0.4, -0.2) is 58.1 Å². The zero-order chi connectivity index (χ0) is 21.2. The molecule has 3 aliphatic rings. The molecule has 2 saturated heterocycles. The van der Waals surface area contributed by atoms with Crippen LogP contribution in [-0.2, 0) is 16.1 Å². The van der Waals surface area contributed by atoms with Crippen molar-refractivity contribution < 1.29 is 30.7 Å². The van der Waals surface area contributed by atoms with Crippen molar-refractivity contribution in [2.45, 2.75) is 38.6 Å². The number of allylic oxidation sites excluding steroid dienone is 3. The molecular formula is C23H29IN5O2-. The van der Waals surface area contributed by atoms with Gasteiger partial charge < -0.3 is 10.1 Å². The Balaban J connectivity index is 1.27. The van der Waals surface area contributed by atoms with Gasteiger partial charge in [-0.3, -0.25) is 0 Å². The Morgan fingerprint density at radius 3 is 2.71 bits per heavy atom. The predicted octanol–water partition coefficient (Wildman–Crippen LogP) is -0.282. The van der Waals surface area contributed by atoms with E-state index in [0.29, 0.717) is 18.8 Å². The van der Waals surface area contributed by atoms with E-state index in [0.717, 1.165) is 71.1 Å². The van der Waals surface area contributed by atoms with Gasteiger partial charge in [0.2, 0.25) is 0 Å². The molecule has 7 nitrogen and oxygen atoms in total. The number of nitrogens with one attached hydrogen (secondary N) is 1. The molecule has 5 heterocycles. The Morgan fingerprint density at radius 1 is 1.23 bits per heavy atom. The van der Waals surface area contributed by atoms with Crippen LogP contribution in [0.2, 0.25) is 0 Å². The van der Waals surface area contributed by atoms with Crippen molar-refractivity contribution >= 4 is 11.4 Å². The molecule has 1 N–H and O–H groups in total. The average molecular weight is 534 g/mol. The van der Waals surface area contributed by atoms with Crippen LogP contribution in [0.3, 0.4) is 0 Å². The number of anilines is 1. The number of piperidine rings is 1. The molecule has 0 aliphatic carbocycles. The Bertz CT molecular complexity index is 972. The van der Waals surface area contributed by atoms with Gasteiger partial charge in [-0.25, -0.2) is 0 Å². The van der Waals surface area contributed by atoms with Gasteiger partial charge in [-0.1, -0.05) is 0 Å². The first-order chi connectivity index (χ1) is 15.2. The third-order valence-electron chi connectivity index (χ3n) is 6.01. The second kappa shape index (κ2) is 9.30. The summed E-state index contributed by atoms with van der Waals surface area (Å²) in [4.78, 5) is 9.33. The predicted molar refractivity (Wildman–Crippen MR) is 117 cm³/mol. The summed E-state index contributed by atoms with van der Waals surface area (Å²) < 4.78 is 15.2. The van der Waals surface area contributed by atoms with Crippen molar-refractivity contribution in [2.24, 2.45) is 0 Å². The van der Waals surface area contributed by atoms with E-state index in [1.165, 1.54) is 0 Å². The number of ether oxygens (including phenoxy) is 2. The van der Waals surface area contributed by atoms with Gasteiger partial charge in [-0.15, -0.1) is 0 Å². The fourth-order valence-corrected chi connectivity index (χ4v) is 5.69. The Hall–Kier alpha value is -1.91. The number of hydrogen-bond acceptors (Lipinski definition) is 6. The first-order valence-corrected chi connectivity index (χ1v) is 14.1. The monoisotopic (exact) mass is 534 g/mol. The summed E-state index contributed by atoms with van der Waals surface area (Å²) in [6.07, 6.45) is 11.1. The molecule has 0 spiro atoms. The topological polar surface area (TPSA) is 64.4 Å². The summed E-state index contributed by atoms with van der Waals surface area (Å²) in [6, 6.07) is 4.21. The van der Waals surface area contributed by atoms with Gasteiger partial charge in [-0.05, 0) is 0 Å².